The van der Waals surface area contributed by atoms with Crippen molar-refractivity contribution in [2.24, 2.45) is 0 Å². The summed E-state index contributed by atoms with van der Waals surface area (Å²) >= 11 is 1.23. The van der Waals surface area contributed by atoms with Gasteiger partial charge in [-0.2, -0.15) is 9.57 Å². The van der Waals surface area contributed by atoms with Gasteiger partial charge in [0.25, 0.3) is 10.0 Å². The molecule has 8 heteroatoms. The molecule has 2 aromatic rings. The Morgan fingerprint density at radius 2 is 2.26 bits per heavy atom. The predicted octanol–water partition coefficient (Wildman–Crippen LogP) is 2.28. The Bertz CT molecular complexity index is 812. The molecule has 0 spiro atoms. The molecule has 0 amide bonds. The Hall–Kier alpha value is -1.95. The lowest BCUT2D eigenvalue weighted by atomic mass is 10.1. The van der Waals surface area contributed by atoms with Gasteiger partial charge in [0.2, 0.25) is 0 Å². The molecule has 120 valence electrons. The first-order chi connectivity index (χ1) is 11.1. The van der Waals surface area contributed by atoms with E-state index in [9.17, 15) is 8.42 Å². The van der Waals surface area contributed by atoms with Crippen LogP contribution in [0.4, 0.5) is 5.69 Å². The van der Waals surface area contributed by atoms with Crippen molar-refractivity contribution in [3.05, 3.63) is 41.5 Å². The van der Waals surface area contributed by atoms with Crippen LogP contribution in [0.5, 0.6) is 0 Å². The lowest BCUT2D eigenvalue weighted by Crippen LogP contribution is -2.44. The Morgan fingerprint density at radius 3 is 3.00 bits per heavy atom. The molecule has 0 unspecified atom stereocenters. The van der Waals surface area contributed by atoms with Crippen LogP contribution < -0.4 is 5.32 Å². The lowest BCUT2D eigenvalue weighted by Gasteiger charge is -2.32. The summed E-state index contributed by atoms with van der Waals surface area (Å²) in [6, 6.07) is 8.93. The molecular weight excluding hydrogens is 332 g/mol. The van der Waals surface area contributed by atoms with E-state index < -0.39 is 10.0 Å². The standard InChI is InChI=1S/C15H16N4O2S2/c16-10-14-13(5-1-7-17-14)18-12-4-2-8-19(11-12)23(20,21)15-6-3-9-22-15/h1,3,5-7,9,12,18H,2,4,8,11H2/t12-/m1/s1. The molecule has 0 bridgehead atoms. The van der Waals surface area contributed by atoms with E-state index in [1.165, 1.54) is 15.6 Å². The number of anilines is 1. The Morgan fingerprint density at radius 1 is 1.39 bits per heavy atom. The number of aromatic nitrogens is 1. The molecule has 0 aromatic carbocycles. The zero-order valence-corrected chi connectivity index (χ0v) is 14.0. The number of pyridine rings is 1. The number of hydrogen-bond donors (Lipinski definition) is 1. The van der Waals surface area contributed by atoms with Crippen molar-refractivity contribution >= 4 is 27.0 Å². The first-order valence-corrected chi connectivity index (χ1v) is 9.58. The van der Waals surface area contributed by atoms with Crippen LogP contribution in [0.25, 0.3) is 0 Å². The second-order valence-electron chi connectivity index (χ2n) is 5.29. The number of hydrogen-bond acceptors (Lipinski definition) is 6. The van der Waals surface area contributed by atoms with Crippen LogP contribution in [-0.2, 0) is 10.0 Å². The number of rotatable bonds is 4. The molecule has 23 heavy (non-hydrogen) atoms. The Kier molecular flexibility index (Phi) is 4.61. The maximum atomic E-state index is 12.6. The highest BCUT2D eigenvalue weighted by atomic mass is 32.2. The zero-order valence-electron chi connectivity index (χ0n) is 12.3. The predicted molar refractivity (Wildman–Crippen MR) is 88.7 cm³/mol. The normalized spacial score (nSPS) is 19.2. The fourth-order valence-electron chi connectivity index (χ4n) is 2.65. The van der Waals surface area contributed by atoms with Crippen molar-refractivity contribution < 1.29 is 8.42 Å². The molecular formula is C15H16N4O2S2. The number of nitriles is 1. The van der Waals surface area contributed by atoms with Crippen molar-refractivity contribution in [1.29, 1.82) is 5.26 Å². The summed E-state index contributed by atoms with van der Waals surface area (Å²) in [5.74, 6) is 0. The van der Waals surface area contributed by atoms with Crippen molar-refractivity contribution in [3.8, 4) is 6.07 Å². The minimum atomic E-state index is -3.43. The quantitative estimate of drug-likeness (QED) is 0.916. The zero-order chi connectivity index (χ0) is 16.3. The third-order valence-electron chi connectivity index (χ3n) is 3.75. The van der Waals surface area contributed by atoms with E-state index in [1.807, 2.05) is 6.07 Å². The van der Waals surface area contributed by atoms with Crippen LogP contribution in [0.1, 0.15) is 18.5 Å². The first-order valence-electron chi connectivity index (χ1n) is 7.26. The van der Waals surface area contributed by atoms with E-state index in [4.69, 9.17) is 5.26 Å². The van der Waals surface area contributed by atoms with Crippen LogP contribution in [0.15, 0.2) is 40.1 Å². The SMILES string of the molecule is N#Cc1ncccc1N[C@@H]1CCCN(S(=O)(=O)c2cccs2)C1. The third-order valence-corrected chi connectivity index (χ3v) is 6.98. The Labute approximate surface area is 139 Å². The maximum Gasteiger partial charge on any atom is 0.252 e. The average molecular weight is 348 g/mol. The molecule has 3 heterocycles. The largest absolute Gasteiger partial charge is 0.379 e. The van der Waals surface area contributed by atoms with E-state index in [-0.39, 0.29) is 6.04 Å². The Balaban J connectivity index is 1.75. The number of piperidine rings is 1. The molecule has 1 atom stereocenters. The molecule has 0 aliphatic carbocycles. The summed E-state index contributed by atoms with van der Waals surface area (Å²) < 4.78 is 27.1. The van der Waals surface area contributed by atoms with E-state index in [1.54, 1.807) is 35.8 Å². The topological polar surface area (TPSA) is 86.1 Å². The highest BCUT2D eigenvalue weighted by Gasteiger charge is 2.31. The molecule has 1 saturated heterocycles. The van der Waals surface area contributed by atoms with Gasteiger partial charge in [0, 0.05) is 25.3 Å². The smallest absolute Gasteiger partial charge is 0.252 e. The van der Waals surface area contributed by atoms with Crippen LogP contribution in [-0.4, -0.2) is 36.8 Å². The number of nitrogens with zero attached hydrogens (tertiary/aromatic N) is 3. The van der Waals surface area contributed by atoms with Gasteiger partial charge in [0.15, 0.2) is 5.69 Å². The van der Waals surface area contributed by atoms with Crippen LogP contribution in [0, 0.1) is 11.3 Å². The third kappa shape index (κ3) is 3.37. The van der Waals surface area contributed by atoms with Gasteiger partial charge in [-0.1, -0.05) is 6.07 Å². The summed E-state index contributed by atoms with van der Waals surface area (Å²) in [5, 5.41) is 14.1. The lowest BCUT2D eigenvalue weighted by molar-refractivity contribution is 0.327. The second kappa shape index (κ2) is 6.66. The molecule has 0 radical (unpaired) electrons. The van der Waals surface area contributed by atoms with Gasteiger partial charge in [-0.05, 0) is 36.4 Å². The van der Waals surface area contributed by atoms with E-state index in [0.29, 0.717) is 28.7 Å². The van der Waals surface area contributed by atoms with Gasteiger partial charge >= 0.3 is 0 Å². The highest BCUT2D eigenvalue weighted by molar-refractivity contribution is 7.91. The second-order valence-corrected chi connectivity index (χ2v) is 8.40. The summed E-state index contributed by atoms with van der Waals surface area (Å²) in [4.78, 5) is 4.02. The van der Waals surface area contributed by atoms with Crippen molar-refractivity contribution in [3.63, 3.8) is 0 Å². The number of sulfonamides is 1. The molecule has 3 rings (SSSR count). The summed E-state index contributed by atoms with van der Waals surface area (Å²) in [6.07, 6.45) is 3.21. The van der Waals surface area contributed by atoms with Crippen molar-refractivity contribution in [2.75, 3.05) is 18.4 Å². The van der Waals surface area contributed by atoms with E-state index in [2.05, 4.69) is 10.3 Å². The van der Waals surface area contributed by atoms with Gasteiger partial charge in [0.1, 0.15) is 10.3 Å². The van der Waals surface area contributed by atoms with Crippen LogP contribution >= 0.6 is 11.3 Å². The maximum absolute atomic E-state index is 12.6. The summed E-state index contributed by atoms with van der Waals surface area (Å²) in [7, 11) is -3.43. The van der Waals surface area contributed by atoms with Gasteiger partial charge in [-0.25, -0.2) is 13.4 Å². The molecule has 1 aliphatic heterocycles. The monoisotopic (exact) mass is 348 g/mol. The number of nitrogens with one attached hydrogen (secondary N) is 1. The van der Waals surface area contributed by atoms with E-state index >= 15 is 0 Å². The van der Waals surface area contributed by atoms with Crippen molar-refractivity contribution in [1.82, 2.24) is 9.29 Å². The van der Waals surface area contributed by atoms with Gasteiger partial charge in [-0.3, -0.25) is 0 Å². The van der Waals surface area contributed by atoms with Gasteiger partial charge in [-0.15, -0.1) is 11.3 Å². The molecule has 0 saturated carbocycles. The van der Waals surface area contributed by atoms with Crippen LogP contribution in [0.2, 0.25) is 0 Å². The molecule has 1 N–H and O–H groups in total. The van der Waals surface area contributed by atoms with Gasteiger partial charge < -0.3 is 5.32 Å². The highest BCUT2D eigenvalue weighted by Crippen LogP contribution is 2.25. The molecule has 1 fully saturated rings. The van der Waals surface area contributed by atoms with Gasteiger partial charge in [0.05, 0.1) is 5.69 Å². The molecule has 1 aliphatic rings. The number of thiophene rings is 1. The minimum Gasteiger partial charge on any atom is -0.379 e. The van der Waals surface area contributed by atoms with Crippen LogP contribution in [0.3, 0.4) is 0 Å². The molecule has 2 aromatic heterocycles. The average Bonchev–Trinajstić information content (AvgIpc) is 3.11. The van der Waals surface area contributed by atoms with Crippen molar-refractivity contribution in [2.45, 2.75) is 23.1 Å². The summed E-state index contributed by atoms with van der Waals surface area (Å²) in [6.45, 7) is 0.913. The summed E-state index contributed by atoms with van der Waals surface area (Å²) in [5.41, 5.74) is 0.973. The molecule has 6 nitrogen and oxygen atoms in total. The van der Waals surface area contributed by atoms with E-state index in [0.717, 1.165) is 12.8 Å². The minimum absolute atomic E-state index is 0.0326. The fourth-order valence-corrected chi connectivity index (χ4v) is 5.32. The first kappa shape index (κ1) is 15.9. The fraction of sp³-hybridized carbons (Fsp3) is 0.333.